The van der Waals surface area contributed by atoms with Crippen molar-refractivity contribution in [1.82, 2.24) is 4.90 Å². The SMILES string of the molecule is CC[C@@H](/C=C(\C(=C/N)B1OC(C)(C)C(C)(I)O1)C(F)F)/N=C/N(C)C. The van der Waals surface area contributed by atoms with Crippen LogP contribution in [0.4, 0.5) is 8.78 Å². The van der Waals surface area contributed by atoms with Crippen LogP contribution in [0.2, 0.25) is 0 Å². The second-order valence-electron chi connectivity index (χ2n) is 6.74. The van der Waals surface area contributed by atoms with Gasteiger partial charge in [0.15, 0.2) is 0 Å². The summed E-state index contributed by atoms with van der Waals surface area (Å²) in [6, 6.07) is -0.387. The lowest BCUT2D eigenvalue weighted by atomic mass is 9.73. The molecule has 1 heterocycles. The first-order valence-electron chi connectivity index (χ1n) is 8.11. The molecule has 1 aliphatic rings. The Morgan fingerprint density at radius 1 is 1.32 bits per heavy atom. The second-order valence-corrected chi connectivity index (χ2v) is 8.80. The molecule has 2 N–H and O–H groups in total. The molecule has 142 valence electrons. The lowest BCUT2D eigenvalue weighted by molar-refractivity contribution is 0.0725. The minimum Gasteiger partial charge on any atom is -0.405 e. The Kier molecular flexibility index (Phi) is 7.88. The third-order valence-corrected chi connectivity index (χ3v) is 5.64. The van der Waals surface area contributed by atoms with Crippen LogP contribution < -0.4 is 5.73 Å². The fourth-order valence-corrected chi connectivity index (χ4v) is 2.52. The first kappa shape index (κ1) is 22.4. The highest BCUT2D eigenvalue weighted by molar-refractivity contribution is 14.1. The largest absolute Gasteiger partial charge is 0.497 e. The predicted octanol–water partition coefficient (Wildman–Crippen LogP) is 3.39. The maximum Gasteiger partial charge on any atom is 0.497 e. The fraction of sp³-hybridized carbons (Fsp3) is 0.688. The minimum atomic E-state index is -2.71. The maximum atomic E-state index is 13.7. The number of hydrogen-bond acceptors (Lipinski definition) is 4. The van der Waals surface area contributed by atoms with E-state index in [9.17, 15) is 8.78 Å². The molecule has 1 unspecified atom stereocenters. The van der Waals surface area contributed by atoms with Gasteiger partial charge in [0.1, 0.15) is 3.61 Å². The third kappa shape index (κ3) is 5.65. The zero-order valence-corrected chi connectivity index (χ0v) is 17.8. The molecular formula is C16H27BF2IN3O2. The molecule has 25 heavy (non-hydrogen) atoms. The van der Waals surface area contributed by atoms with Gasteiger partial charge in [0.25, 0.3) is 6.43 Å². The highest BCUT2D eigenvalue weighted by atomic mass is 127. The van der Waals surface area contributed by atoms with E-state index in [2.05, 4.69) is 27.6 Å². The molecule has 0 saturated carbocycles. The van der Waals surface area contributed by atoms with Crippen molar-refractivity contribution in [1.29, 1.82) is 0 Å². The van der Waals surface area contributed by atoms with Gasteiger partial charge in [0.2, 0.25) is 0 Å². The fourth-order valence-electron chi connectivity index (χ4n) is 2.17. The molecule has 0 aromatic rings. The summed E-state index contributed by atoms with van der Waals surface area (Å²) in [7, 11) is 2.70. The maximum absolute atomic E-state index is 13.7. The van der Waals surface area contributed by atoms with Crippen LogP contribution in [-0.4, -0.2) is 54.1 Å². The lowest BCUT2D eigenvalue weighted by Gasteiger charge is -2.30. The standard InChI is InChI=1S/C16H27BF2IN3O2/c1-7-11(22-10-23(5)6)8-12(14(18)19)13(9-21)17-24-15(2,3)16(4,20)25-17/h8-11,14H,7,21H2,1-6H3/b12-8+,13-9+,22-10+/t11-,16?/m0/s1. The second kappa shape index (κ2) is 8.81. The van der Waals surface area contributed by atoms with Crippen molar-refractivity contribution in [2.75, 3.05) is 14.1 Å². The molecule has 1 fully saturated rings. The monoisotopic (exact) mass is 469 g/mol. The summed E-state index contributed by atoms with van der Waals surface area (Å²) in [4.78, 5) is 6.06. The molecular weight excluding hydrogens is 442 g/mol. The van der Waals surface area contributed by atoms with Gasteiger partial charge in [-0.2, -0.15) is 0 Å². The Morgan fingerprint density at radius 2 is 1.92 bits per heavy atom. The van der Waals surface area contributed by atoms with Crippen molar-refractivity contribution in [3.05, 3.63) is 23.3 Å². The molecule has 1 rings (SSSR count). The highest BCUT2D eigenvalue weighted by Crippen LogP contribution is 2.44. The number of alkyl halides is 3. The van der Waals surface area contributed by atoms with E-state index in [1.165, 1.54) is 6.08 Å². The summed E-state index contributed by atoms with van der Waals surface area (Å²) in [5, 5.41) is 0. The van der Waals surface area contributed by atoms with Crippen LogP contribution in [0.5, 0.6) is 0 Å². The molecule has 0 aromatic heterocycles. The number of nitrogens with zero attached hydrogens (tertiary/aromatic N) is 2. The first-order chi connectivity index (χ1) is 11.4. The summed E-state index contributed by atoms with van der Waals surface area (Å²) >= 11 is 2.12. The van der Waals surface area contributed by atoms with Gasteiger partial charge in [-0.05, 0) is 56.0 Å². The number of nitrogens with two attached hydrogens (primary N) is 1. The summed E-state index contributed by atoms with van der Waals surface area (Å²) in [5.74, 6) is 0. The van der Waals surface area contributed by atoms with Crippen molar-refractivity contribution in [3.63, 3.8) is 0 Å². The van der Waals surface area contributed by atoms with E-state index in [0.717, 1.165) is 6.20 Å². The van der Waals surface area contributed by atoms with Crippen LogP contribution in [0.15, 0.2) is 28.3 Å². The topological polar surface area (TPSA) is 60.1 Å². The molecule has 1 saturated heterocycles. The van der Waals surface area contributed by atoms with Crippen LogP contribution in [0.25, 0.3) is 0 Å². The Bertz CT molecular complexity index is 535. The first-order valence-corrected chi connectivity index (χ1v) is 9.19. The summed E-state index contributed by atoms with van der Waals surface area (Å²) in [6.45, 7) is 7.45. The van der Waals surface area contributed by atoms with Crippen LogP contribution in [0, 0.1) is 0 Å². The summed E-state index contributed by atoms with van der Waals surface area (Å²) < 4.78 is 38.5. The number of aliphatic imine (C=N–C) groups is 1. The number of rotatable bonds is 7. The Morgan fingerprint density at radius 3 is 2.28 bits per heavy atom. The molecule has 5 nitrogen and oxygen atoms in total. The Balaban J connectivity index is 3.17. The van der Waals surface area contributed by atoms with Crippen LogP contribution in [-0.2, 0) is 9.31 Å². The molecule has 9 heteroatoms. The smallest absolute Gasteiger partial charge is 0.405 e. The zero-order valence-electron chi connectivity index (χ0n) is 15.6. The van der Waals surface area contributed by atoms with Crippen LogP contribution in [0.3, 0.4) is 0 Å². The number of allylic oxidation sites excluding steroid dienone is 2. The molecule has 0 bridgehead atoms. The molecule has 1 aliphatic heterocycles. The van der Waals surface area contributed by atoms with Crippen molar-refractivity contribution in [3.8, 4) is 0 Å². The Labute approximate surface area is 163 Å². The van der Waals surface area contributed by atoms with E-state index in [1.807, 2.05) is 41.8 Å². The van der Waals surface area contributed by atoms with E-state index in [-0.39, 0.29) is 17.1 Å². The average molecular weight is 469 g/mol. The minimum absolute atomic E-state index is 0.141. The molecule has 0 spiro atoms. The number of halogens is 3. The molecule has 0 radical (unpaired) electrons. The van der Waals surface area contributed by atoms with Gasteiger partial charge < -0.3 is 19.9 Å². The van der Waals surface area contributed by atoms with Crippen molar-refractivity contribution in [2.24, 2.45) is 10.7 Å². The predicted molar refractivity (Wildman–Crippen MR) is 107 cm³/mol. The summed E-state index contributed by atoms with van der Waals surface area (Å²) in [6.07, 6.45) is 2.05. The quantitative estimate of drug-likeness (QED) is 0.155. The van der Waals surface area contributed by atoms with E-state index in [4.69, 9.17) is 15.0 Å². The number of hydrogen-bond donors (Lipinski definition) is 1. The van der Waals surface area contributed by atoms with Gasteiger partial charge in [-0.25, -0.2) is 8.78 Å². The molecule has 0 amide bonds. The van der Waals surface area contributed by atoms with Crippen molar-refractivity contribution < 1.29 is 18.1 Å². The van der Waals surface area contributed by atoms with Gasteiger partial charge in [-0.1, -0.05) is 13.0 Å². The van der Waals surface area contributed by atoms with E-state index in [1.54, 1.807) is 11.2 Å². The molecule has 0 aliphatic carbocycles. The van der Waals surface area contributed by atoms with Crippen LogP contribution in [0.1, 0.15) is 34.1 Å². The molecule has 0 aromatic carbocycles. The van der Waals surface area contributed by atoms with Crippen LogP contribution >= 0.6 is 22.6 Å². The average Bonchev–Trinajstić information content (AvgIpc) is 2.69. The van der Waals surface area contributed by atoms with Gasteiger partial charge in [0, 0.05) is 25.1 Å². The van der Waals surface area contributed by atoms with Gasteiger partial charge in [-0.15, -0.1) is 0 Å². The van der Waals surface area contributed by atoms with E-state index in [0.29, 0.717) is 6.42 Å². The van der Waals surface area contributed by atoms with Crippen molar-refractivity contribution >= 4 is 36.0 Å². The van der Waals surface area contributed by atoms with Gasteiger partial charge >= 0.3 is 7.12 Å². The van der Waals surface area contributed by atoms with Crippen molar-refractivity contribution in [2.45, 2.75) is 55.8 Å². The van der Waals surface area contributed by atoms with Gasteiger partial charge in [0.05, 0.1) is 18.0 Å². The van der Waals surface area contributed by atoms with E-state index >= 15 is 0 Å². The highest BCUT2D eigenvalue weighted by Gasteiger charge is 2.54. The molecule has 2 atom stereocenters. The lowest BCUT2D eigenvalue weighted by Crippen LogP contribution is -2.38. The normalized spacial score (nSPS) is 25.9. The van der Waals surface area contributed by atoms with E-state index < -0.39 is 22.8 Å². The third-order valence-electron chi connectivity index (χ3n) is 4.09. The Hall–Kier alpha value is -0.675. The summed E-state index contributed by atoms with van der Waals surface area (Å²) in [5.41, 5.74) is 4.95. The van der Waals surface area contributed by atoms with Gasteiger partial charge in [-0.3, -0.25) is 4.99 Å². The zero-order chi connectivity index (χ0) is 19.4.